The Labute approximate surface area is 135 Å². The summed E-state index contributed by atoms with van der Waals surface area (Å²) in [4.78, 5) is 3.26. The summed E-state index contributed by atoms with van der Waals surface area (Å²) < 4.78 is 6.05. The van der Waals surface area contributed by atoms with Crippen LogP contribution in [-0.2, 0) is 12.8 Å². The molecule has 1 aromatic heterocycles. The van der Waals surface area contributed by atoms with Crippen LogP contribution < -0.4 is 4.74 Å². The van der Waals surface area contributed by atoms with Gasteiger partial charge in [-0.15, -0.1) is 0 Å². The standard InChI is InChI=1S/C18H18N2OS/c1-2-21-13-9-7-12(8-10-13)17-14-5-3-4-6-16(14)20-18(22)15(17)11-19/h7-10H,2-6H2,1H3,(H,20,22). The molecule has 112 valence electrons. The monoisotopic (exact) mass is 310 g/mol. The van der Waals surface area contributed by atoms with E-state index in [1.54, 1.807) is 0 Å². The zero-order chi connectivity index (χ0) is 15.5. The van der Waals surface area contributed by atoms with Crippen LogP contribution in [0.2, 0.25) is 0 Å². The molecule has 0 saturated carbocycles. The molecule has 3 rings (SSSR count). The summed E-state index contributed by atoms with van der Waals surface area (Å²) in [6.07, 6.45) is 4.34. The number of hydrogen-bond acceptors (Lipinski definition) is 3. The fraction of sp³-hybridized carbons (Fsp3) is 0.333. The molecule has 0 amide bonds. The molecule has 0 fully saturated rings. The Morgan fingerprint density at radius 3 is 2.64 bits per heavy atom. The van der Waals surface area contributed by atoms with Crippen LogP contribution in [0.25, 0.3) is 11.1 Å². The number of nitrogens with zero attached hydrogens (tertiary/aromatic N) is 1. The number of aryl methyl sites for hydroxylation is 1. The Bertz CT molecular complexity index is 784. The molecule has 0 saturated heterocycles. The van der Waals surface area contributed by atoms with Gasteiger partial charge in [-0.25, -0.2) is 0 Å². The minimum atomic E-state index is 0.548. The Balaban J connectivity index is 2.18. The van der Waals surface area contributed by atoms with Gasteiger partial charge in [0.05, 0.1) is 12.2 Å². The van der Waals surface area contributed by atoms with Gasteiger partial charge in [0, 0.05) is 11.3 Å². The fourth-order valence-corrected chi connectivity index (χ4v) is 3.36. The Morgan fingerprint density at radius 2 is 1.95 bits per heavy atom. The van der Waals surface area contributed by atoms with Gasteiger partial charge in [-0.1, -0.05) is 24.4 Å². The van der Waals surface area contributed by atoms with E-state index in [0.29, 0.717) is 16.8 Å². The van der Waals surface area contributed by atoms with E-state index in [1.807, 2.05) is 31.2 Å². The lowest BCUT2D eigenvalue weighted by Crippen LogP contribution is -2.09. The number of nitriles is 1. The number of rotatable bonds is 3. The summed E-state index contributed by atoms with van der Waals surface area (Å²) in [5, 5.41) is 9.54. The van der Waals surface area contributed by atoms with Crippen molar-refractivity contribution in [3.63, 3.8) is 0 Å². The number of aromatic nitrogens is 1. The highest BCUT2D eigenvalue weighted by Gasteiger charge is 2.19. The maximum Gasteiger partial charge on any atom is 0.122 e. The minimum Gasteiger partial charge on any atom is -0.494 e. The van der Waals surface area contributed by atoms with E-state index < -0.39 is 0 Å². The summed E-state index contributed by atoms with van der Waals surface area (Å²) in [6, 6.07) is 10.2. The van der Waals surface area contributed by atoms with Gasteiger partial charge < -0.3 is 9.72 Å². The van der Waals surface area contributed by atoms with Gasteiger partial charge in [0.15, 0.2) is 0 Å². The number of benzene rings is 1. The van der Waals surface area contributed by atoms with Crippen LogP contribution in [0.4, 0.5) is 0 Å². The third-order valence-corrected chi connectivity index (χ3v) is 4.38. The first-order valence-corrected chi connectivity index (χ1v) is 8.06. The van der Waals surface area contributed by atoms with Crippen molar-refractivity contribution in [2.24, 2.45) is 0 Å². The highest BCUT2D eigenvalue weighted by atomic mass is 32.1. The highest BCUT2D eigenvalue weighted by Crippen LogP contribution is 2.34. The maximum absolute atomic E-state index is 9.54. The van der Waals surface area contributed by atoms with Gasteiger partial charge in [0.2, 0.25) is 0 Å². The van der Waals surface area contributed by atoms with Crippen LogP contribution in [0.15, 0.2) is 24.3 Å². The topological polar surface area (TPSA) is 48.8 Å². The Kier molecular flexibility index (Phi) is 4.26. The average molecular weight is 310 g/mol. The first-order valence-electron chi connectivity index (χ1n) is 7.66. The number of H-pyrrole nitrogens is 1. The van der Waals surface area contributed by atoms with E-state index in [4.69, 9.17) is 17.0 Å². The predicted molar refractivity (Wildman–Crippen MR) is 89.6 cm³/mol. The average Bonchev–Trinajstić information content (AvgIpc) is 2.55. The second kappa shape index (κ2) is 6.33. The zero-order valence-electron chi connectivity index (χ0n) is 12.6. The van der Waals surface area contributed by atoms with Crippen molar-refractivity contribution in [1.29, 1.82) is 5.26 Å². The molecule has 4 heteroatoms. The van der Waals surface area contributed by atoms with Crippen molar-refractivity contribution in [3.05, 3.63) is 45.7 Å². The molecule has 0 unspecified atom stereocenters. The third-order valence-electron chi connectivity index (χ3n) is 4.08. The molecule has 0 radical (unpaired) electrons. The fourth-order valence-electron chi connectivity index (χ4n) is 3.09. The first kappa shape index (κ1) is 14.8. The number of ether oxygens (including phenoxy) is 1. The molecule has 0 aliphatic heterocycles. The predicted octanol–water partition coefficient (Wildman–Crippen LogP) is 4.56. The largest absolute Gasteiger partial charge is 0.494 e. The van der Waals surface area contributed by atoms with Gasteiger partial charge in [-0.3, -0.25) is 0 Å². The third kappa shape index (κ3) is 2.65. The summed E-state index contributed by atoms with van der Waals surface area (Å²) in [5.41, 5.74) is 5.07. The SMILES string of the molecule is CCOc1ccc(-c2c3c([nH]c(=S)c2C#N)CCCC3)cc1. The summed E-state index contributed by atoms with van der Waals surface area (Å²) in [7, 11) is 0. The smallest absolute Gasteiger partial charge is 0.122 e. The van der Waals surface area contributed by atoms with Crippen molar-refractivity contribution in [2.75, 3.05) is 6.61 Å². The van der Waals surface area contributed by atoms with Gasteiger partial charge in [0.25, 0.3) is 0 Å². The number of fused-ring (bicyclic) bond motifs is 1. The van der Waals surface area contributed by atoms with E-state index in [2.05, 4.69) is 11.1 Å². The lowest BCUT2D eigenvalue weighted by atomic mass is 9.87. The number of nitrogens with one attached hydrogen (secondary N) is 1. The van der Waals surface area contributed by atoms with Crippen molar-refractivity contribution in [3.8, 4) is 22.9 Å². The molecular formula is C18H18N2OS. The van der Waals surface area contributed by atoms with Gasteiger partial charge in [-0.05, 0) is 55.9 Å². The van der Waals surface area contributed by atoms with Crippen LogP contribution in [-0.4, -0.2) is 11.6 Å². The molecule has 1 aliphatic carbocycles. The molecule has 1 N–H and O–H groups in total. The zero-order valence-corrected chi connectivity index (χ0v) is 13.4. The maximum atomic E-state index is 9.54. The number of aromatic amines is 1. The van der Waals surface area contributed by atoms with E-state index in [0.717, 1.165) is 36.1 Å². The van der Waals surface area contributed by atoms with Gasteiger partial charge in [-0.2, -0.15) is 5.26 Å². The van der Waals surface area contributed by atoms with E-state index in [1.165, 1.54) is 17.7 Å². The molecule has 22 heavy (non-hydrogen) atoms. The van der Waals surface area contributed by atoms with Crippen molar-refractivity contribution < 1.29 is 4.74 Å². The Hall–Kier alpha value is -2.12. The second-order valence-electron chi connectivity index (χ2n) is 5.44. The van der Waals surface area contributed by atoms with Crippen molar-refractivity contribution in [2.45, 2.75) is 32.6 Å². The molecule has 1 aliphatic rings. The Morgan fingerprint density at radius 1 is 1.23 bits per heavy atom. The highest BCUT2D eigenvalue weighted by molar-refractivity contribution is 7.71. The normalized spacial score (nSPS) is 13.3. The second-order valence-corrected chi connectivity index (χ2v) is 5.85. The van der Waals surface area contributed by atoms with Crippen molar-refractivity contribution in [1.82, 2.24) is 4.98 Å². The van der Waals surface area contributed by atoms with E-state index >= 15 is 0 Å². The summed E-state index contributed by atoms with van der Waals surface area (Å²) >= 11 is 5.39. The minimum absolute atomic E-state index is 0.548. The molecular weight excluding hydrogens is 292 g/mol. The summed E-state index contributed by atoms with van der Waals surface area (Å²) in [6.45, 7) is 2.61. The molecule has 1 aromatic carbocycles. The molecule has 2 aromatic rings. The van der Waals surface area contributed by atoms with Crippen LogP contribution in [0.5, 0.6) is 5.75 Å². The van der Waals surface area contributed by atoms with Crippen LogP contribution in [0, 0.1) is 16.0 Å². The molecule has 0 atom stereocenters. The molecule has 0 spiro atoms. The lowest BCUT2D eigenvalue weighted by molar-refractivity contribution is 0.340. The van der Waals surface area contributed by atoms with E-state index in [-0.39, 0.29) is 0 Å². The van der Waals surface area contributed by atoms with Crippen molar-refractivity contribution >= 4 is 12.2 Å². The number of hydrogen-bond donors (Lipinski definition) is 1. The van der Waals surface area contributed by atoms with Crippen LogP contribution in [0.1, 0.15) is 36.6 Å². The molecule has 3 nitrogen and oxygen atoms in total. The molecule has 1 heterocycles. The van der Waals surface area contributed by atoms with Gasteiger partial charge in [0.1, 0.15) is 16.5 Å². The number of pyridine rings is 1. The lowest BCUT2D eigenvalue weighted by Gasteiger charge is -2.21. The van der Waals surface area contributed by atoms with Gasteiger partial charge >= 0.3 is 0 Å². The first-order chi connectivity index (χ1) is 10.7. The molecule has 0 bridgehead atoms. The summed E-state index contributed by atoms with van der Waals surface area (Å²) in [5.74, 6) is 0.847. The van der Waals surface area contributed by atoms with Crippen LogP contribution >= 0.6 is 12.2 Å². The van der Waals surface area contributed by atoms with Crippen LogP contribution in [0.3, 0.4) is 0 Å². The van der Waals surface area contributed by atoms with E-state index in [9.17, 15) is 5.26 Å². The quantitative estimate of drug-likeness (QED) is 0.845.